The summed E-state index contributed by atoms with van der Waals surface area (Å²) in [4.78, 5) is 12.3. The molecule has 0 bridgehead atoms. The third-order valence-corrected chi connectivity index (χ3v) is 4.22. The molecule has 1 aromatic rings. The molecule has 0 spiro atoms. The van der Waals surface area contributed by atoms with Crippen molar-refractivity contribution in [2.24, 2.45) is 13.0 Å². The van der Waals surface area contributed by atoms with Gasteiger partial charge in [-0.15, -0.1) is 0 Å². The second-order valence-electron chi connectivity index (χ2n) is 5.60. The number of carbonyl (C=O) groups excluding carboxylic acids is 1. The molecule has 2 rings (SSSR count). The van der Waals surface area contributed by atoms with Gasteiger partial charge >= 0.3 is 0 Å². The third kappa shape index (κ3) is 3.39. The Labute approximate surface area is 121 Å². The number of rotatable bonds is 5. The van der Waals surface area contributed by atoms with Gasteiger partial charge in [0.2, 0.25) is 0 Å². The standard InChI is InChI=1S/C15H26N4O/c1-4-11-7-6-8-16-14(11)9-17-15(20)12-10-19(3)18-13(12)5-2/h10-11,14,16H,4-9H2,1-3H3,(H,17,20). The number of amides is 1. The molecule has 2 atom stereocenters. The van der Waals surface area contributed by atoms with Crippen LogP contribution in [0.4, 0.5) is 0 Å². The first-order valence-corrected chi connectivity index (χ1v) is 7.69. The van der Waals surface area contributed by atoms with Crippen molar-refractivity contribution in [1.29, 1.82) is 0 Å². The maximum atomic E-state index is 12.3. The third-order valence-electron chi connectivity index (χ3n) is 4.22. The second kappa shape index (κ2) is 6.88. The molecule has 0 aromatic carbocycles. The van der Waals surface area contributed by atoms with Crippen LogP contribution in [0.5, 0.6) is 0 Å². The minimum Gasteiger partial charge on any atom is -0.350 e. The molecule has 5 heteroatoms. The average molecular weight is 278 g/mol. The summed E-state index contributed by atoms with van der Waals surface area (Å²) in [7, 11) is 1.85. The number of hydrogen-bond acceptors (Lipinski definition) is 3. The molecule has 1 aromatic heterocycles. The van der Waals surface area contributed by atoms with Crippen molar-refractivity contribution in [3.63, 3.8) is 0 Å². The van der Waals surface area contributed by atoms with Crippen molar-refractivity contribution in [2.75, 3.05) is 13.1 Å². The summed E-state index contributed by atoms with van der Waals surface area (Å²) in [6.45, 7) is 6.01. The van der Waals surface area contributed by atoms with Crippen LogP contribution in [0, 0.1) is 5.92 Å². The van der Waals surface area contributed by atoms with Gasteiger partial charge in [0.15, 0.2) is 0 Å². The number of hydrogen-bond donors (Lipinski definition) is 2. The van der Waals surface area contributed by atoms with Gasteiger partial charge in [0.25, 0.3) is 5.91 Å². The highest BCUT2D eigenvalue weighted by Crippen LogP contribution is 2.19. The normalized spacial score (nSPS) is 22.8. The van der Waals surface area contributed by atoms with E-state index in [0.717, 1.165) is 18.7 Å². The first kappa shape index (κ1) is 15.0. The number of carbonyl (C=O) groups is 1. The predicted octanol–water partition coefficient (Wildman–Crippen LogP) is 1.49. The van der Waals surface area contributed by atoms with Crippen molar-refractivity contribution in [2.45, 2.75) is 45.6 Å². The van der Waals surface area contributed by atoms with Gasteiger partial charge in [-0.3, -0.25) is 9.48 Å². The minimum absolute atomic E-state index is 0.00261. The summed E-state index contributed by atoms with van der Waals surface area (Å²) in [6, 6.07) is 0.402. The fraction of sp³-hybridized carbons (Fsp3) is 0.733. The van der Waals surface area contributed by atoms with Crippen molar-refractivity contribution >= 4 is 5.91 Å². The first-order valence-electron chi connectivity index (χ1n) is 7.69. The highest BCUT2D eigenvalue weighted by molar-refractivity contribution is 5.95. The van der Waals surface area contributed by atoms with E-state index in [4.69, 9.17) is 0 Å². The Bertz CT molecular complexity index is 455. The maximum Gasteiger partial charge on any atom is 0.254 e. The summed E-state index contributed by atoms with van der Waals surface area (Å²) in [5.74, 6) is 0.667. The zero-order valence-electron chi connectivity index (χ0n) is 12.8. The molecule has 1 fully saturated rings. The molecule has 1 amide bonds. The van der Waals surface area contributed by atoms with E-state index in [1.54, 1.807) is 10.9 Å². The lowest BCUT2D eigenvalue weighted by molar-refractivity contribution is 0.0941. The lowest BCUT2D eigenvalue weighted by atomic mass is 9.88. The number of aryl methyl sites for hydroxylation is 2. The lowest BCUT2D eigenvalue weighted by Gasteiger charge is -2.32. The zero-order valence-corrected chi connectivity index (χ0v) is 12.8. The second-order valence-corrected chi connectivity index (χ2v) is 5.60. The van der Waals surface area contributed by atoms with Crippen LogP contribution in [0.2, 0.25) is 0 Å². The Kier molecular flexibility index (Phi) is 5.17. The van der Waals surface area contributed by atoms with E-state index in [2.05, 4.69) is 22.7 Å². The van der Waals surface area contributed by atoms with E-state index in [1.165, 1.54) is 19.3 Å². The molecule has 5 nitrogen and oxygen atoms in total. The van der Waals surface area contributed by atoms with Gasteiger partial charge in [0.1, 0.15) is 0 Å². The fourth-order valence-corrected chi connectivity index (χ4v) is 3.03. The van der Waals surface area contributed by atoms with E-state index >= 15 is 0 Å². The quantitative estimate of drug-likeness (QED) is 0.858. The van der Waals surface area contributed by atoms with Crippen LogP contribution >= 0.6 is 0 Å². The van der Waals surface area contributed by atoms with Gasteiger partial charge < -0.3 is 10.6 Å². The maximum absolute atomic E-state index is 12.3. The number of aromatic nitrogens is 2. The monoisotopic (exact) mass is 278 g/mol. The summed E-state index contributed by atoms with van der Waals surface area (Å²) < 4.78 is 1.71. The summed E-state index contributed by atoms with van der Waals surface area (Å²) in [5.41, 5.74) is 1.58. The number of piperidine rings is 1. The molecule has 1 aliphatic rings. The Morgan fingerprint density at radius 2 is 2.35 bits per heavy atom. The number of nitrogens with zero attached hydrogens (tertiary/aromatic N) is 2. The van der Waals surface area contributed by atoms with Gasteiger partial charge in [-0.2, -0.15) is 5.10 Å². The Morgan fingerprint density at radius 3 is 3.05 bits per heavy atom. The predicted molar refractivity (Wildman–Crippen MR) is 79.7 cm³/mol. The smallest absolute Gasteiger partial charge is 0.254 e. The van der Waals surface area contributed by atoms with Gasteiger partial charge in [0, 0.05) is 25.8 Å². The largest absolute Gasteiger partial charge is 0.350 e. The molecule has 2 heterocycles. The minimum atomic E-state index is -0.00261. The molecular weight excluding hydrogens is 252 g/mol. The molecule has 2 N–H and O–H groups in total. The first-order chi connectivity index (χ1) is 9.65. The molecule has 112 valence electrons. The SMILES string of the molecule is CCc1nn(C)cc1C(=O)NCC1NCCCC1CC. The van der Waals surface area contributed by atoms with Crippen molar-refractivity contribution in [1.82, 2.24) is 20.4 Å². The van der Waals surface area contributed by atoms with E-state index in [-0.39, 0.29) is 5.91 Å². The summed E-state index contributed by atoms with van der Waals surface area (Å²) in [5, 5.41) is 10.9. The van der Waals surface area contributed by atoms with Crippen molar-refractivity contribution < 1.29 is 4.79 Å². The molecule has 0 saturated carbocycles. The van der Waals surface area contributed by atoms with Gasteiger partial charge in [0.05, 0.1) is 11.3 Å². The number of nitrogens with one attached hydrogen (secondary N) is 2. The highest BCUT2D eigenvalue weighted by Gasteiger charge is 2.24. The van der Waals surface area contributed by atoms with Gasteiger partial charge in [-0.05, 0) is 31.7 Å². The molecule has 0 radical (unpaired) electrons. The Morgan fingerprint density at radius 1 is 1.55 bits per heavy atom. The Hall–Kier alpha value is -1.36. The van der Waals surface area contributed by atoms with Crippen LogP contribution in [0.25, 0.3) is 0 Å². The highest BCUT2D eigenvalue weighted by atomic mass is 16.1. The van der Waals surface area contributed by atoms with Crippen molar-refractivity contribution in [3.8, 4) is 0 Å². The van der Waals surface area contributed by atoms with Crippen molar-refractivity contribution in [3.05, 3.63) is 17.5 Å². The summed E-state index contributed by atoms with van der Waals surface area (Å²) in [6.07, 6.45) is 6.26. The summed E-state index contributed by atoms with van der Waals surface area (Å²) >= 11 is 0. The van der Waals surface area contributed by atoms with Crippen LogP contribution in [-0.2, 0) is 13.5 Å². The molecular formula is C15H26N4O. The van der Waals surface area contributed by atoms with Crippen LogP contribution in [0.3, 0.4) is 0 Å². The molecule has 1 saturated heterocycles. The van der Waals surface area contributed by atoms with E-state index < -0.39 is 0 Å². The Balaban J connectivity index is 1.94. The average Bonchev–Trinajstić information content (AvgIpc) is 2.86. The van der Waals surface area contributed by atoms with Gasteiger partial charge in [-0.1, -0.05) is 20.3 Å². The molecule has 2 unspecified atom stereocenters. The van der Waals surface area contributed by atoms with E-state index in [0.29, 0.717) is 24.1 Å². The van der Waals surface area contributed by atoms with E-state index in [9.17, 15) is 4.79 Å². The zero-order chi connectivity index (χ0) is 14.5. The topological polar surface area (TPSA) is 59.0 Å². The van der Waals surface area contributed by atoms with Gasteiger partial charge in [-0.25, -0.2) is 0 Å². The molecule has 20 heavy (non-hydrogen) atoms. The van der Waals surface area contributed by atoms with Crippen LogP contribution < -0.4 is 10.6 Å². The molecule has 0 aliphatic carbocycles. The van der Waals surface area contributed by atoms with Crippen LogP contribution in [0.1, 0.15) is 49.2 Å². The van der Waals surface area contributed by atoms with Crippen LogP contribution in [-0.4, -0.2) is 34.8 Å². The fourth-order valence-electron chi connectivity index (χ4n) is 3.03. The van der Waals surface area contributed by atoms with Crippen LogP contribution in [0.15, 0.2) is 6.20 Å². The molecule has 1 aliphatic heterocycles. The van der Waals surface area contributed by atoms with E-state index in [1.807, 2.05) is 14.0 Å². The lowest BCUT2D eigenvalue weighted by Crippen LogP contribution is -2.48.